The Bertz CT molecular complexity index is 1050. The summed E-state index contributed by atoms with van der Waals surface area (Å²) in [5, 5.41) is 22.7. The highest BCUT2D eigenvalue weighted by atomic mass is 35.5. The molecular formula is C18H16Cl2N4O2. The van der Waals surface area contributed by atoms with Gasteiger partial charge in [0.1, 0.15) is 23.9 Å². The van der Waals surface area contributed by atoms with Gasteiger partial charge in [-0.15, -0.1) is 0 Å². The van der Waals surface area contributed by atoms with Crippen LogP contribution in [-0.4, -0.2) is 29.3 Å². The van der Waals surface area contributed by atoms with Crippen LogP contribution in [0.3, 0.4) is 0 Å². The van der Waals surface area contributed by atoms with Crippen LogP contribution in [0.2, 0.25) is 10.0 Å². The van der Waals surface area contributed by atoms with Gasteiger partial charge < -0.3 is 19.3 Å². The number of aromatic nitrogens is 4. The molecule has 2 atom stereocenters. The Labute approximate surface area is 159 Å². The van der Waals surface area contributed by atoms with E-state index in [4.69, 9.17) is 23.2 Å². The van der Waals surface area contributed by atoms with E-state index >= 15 is 0 Å². The number of aryl methyl sites for hydroxylation is 2. The molecule has 0 unspecified atom stereocenters. The van der Waals surface area contributed by atoms with Crippen LogP contribution in [-0.2, 0) is 14.1 Å². The molecule has 26 heavy (non-hydrogen) atoms. The number of nitrogens with zero attached hydrogens (tertiary/aromatic N) is 4. The van der Waals surface area contributed by atoms with Crippen LogP contribution in [0.4, 0.5) is 0 Å². The van der Waals surface area contributed by atoms with E-state index in [1.165, 1.54) is 0 Å². The molecule has 0 fully saturated rings. The Morgan fingerprint density at radius 3 is 1.54 bits per heavy atom. The highest BCUT2D eigenvalue weighted by Crippen LogP contribution is 2.32. The Kier molecular flexibility index (Phi) is 4.16. The number of rotatable bonds is 3. The van der Waals surface area contributed by atoms with Gasteiger partial charge in [-0.05, 0) is 36.4 Å². The summed E-state index contributed by atoms with van der Waals surface area (Å²) in [6.45, 7) is 0. The van der Waals surface area contributed by atoms with E-state index in [9.17, 15) is 10.2 Å². The number of hydrogen-bond acceptors (Lipinski definition) is 4. The average Bonchev–Trinajstić information content (AvgIpc) is 3.12. The van der Waals surface area contributed by atoms with Crippen molar-refractivity contribution < 1.29 is 10.2 Å². The molecule has 0 aliphatic rings. The fourth-order valence-corrected chi connectivity index (χ4v) is 3.51. The van der Waals surface area contributed by atoms with Crippen molar-refractivity contribution in [2.24, 2.45) is 14.1 Å². The minimum atomic E-state index is -1.25. The van der Waals surface area contributed by atoms with Crippen LogP contribution in [0, 0.1) is 0 Å². The Morgan fingerprint density at radius 2 is 1.15 bits per heavy atom. The van der Waals surface area contributed by atoms with Gasteiger partial charge in [0.2, 0.25) is 0 Å². The number of benzene rings is 2. The number of aliphatic hydroxyl groups is 2. The summed E-state index contributed by atoms with van der Waals surface area (Å²) in [5.74, 6) is 0.666. The molecule has 0 amide bonds. The normalized spacial score (nSPS) is 14.2. The molecule has 0 saturated carbocycles. The van der Waals surface area contributed by atoms with Crippen molar-refractivity contribution in [3.05, 3.63) is 58.1 Å². The fourth-order valence-electron chi connectivity index (χ4n) is 3.17. The van der Waals surface area contributed by atoms with Gasteiger partial charge in [-0.1, -0.05) is 23.2 Å². The largest absolute Gasteiger partial charge is 0.382 e. The van der Waals surface area contributed by atoms with Crippen LogP contribution in [0.25, 0.3) is 22.1 Å². The number of hydrogen-bond donors (Lipinski definition) is 2. The molecule has 2 aromatic heterocycles. The summed E-state index contributed by atoms with van der Waals surface area (Å²) in [4.78, 5) is 8.87. The summed E-state index contributed by atoms with van der Waals surface area (Å²) in [6, 6.07) is 10.6. The maximum atomic E-state index is 10.8. The third-order valence-corrected chi connectivity index (χ3v) is 5.05. The Morgan fingerprint density at radius 1 is 0.769 bits per heavy atom. The van der Waals surface area contributed by atoms with Crippen LogP contribution < -0.4 is 0 Å². The molecule has 6 nitrogen and oxygen atoms in total. The molecule has 2 heterocycles. The molecule has 8 heteroatoms. The number of imidazole rings is 2. The van der Waals surface area contributed by atoms with Gasteiger partial charge in [0, 0.05) is 24.1 Å². The molecule has 2 aromatic carbocycles. The quantitative estimate of drug-likeness (QED) is 0.560. The first kappa shape index (κ1) is 17.3. The van der Waals surface area contributed by atoms with E-state index in [0.717, 1.165) is 11.0 Å². The van der Waals surface area contributed by atoms with Gasteiger partial charge in [0.15, 0.2) is 0 Å². The lowest BCUT2D eigenvalue weighted by Crippen LogP contribution is -2.17. The second kappa shape index (κ2) is 6.25. The van der Waals surface area contributed by atoms with Crippen molar-refractivity contribution >= 4 is 45.3 Å². The van der Waals surface area contributed by atoms with E-state index in [1.54, 1.807) is 59.6 Å². The van der Waals surface area contributed by atoms with Gasteiger partial charge in [-0.2, -0.15) is 0 Å². The molecule has 0 radical (unpaired) electrons. The summed E-state index contributed by atoms with van der Waals surface area (Å²) >= 11 is 12.1. The highest BCUT2D eigenvalue weighted by molar-refractivity contribution is 6.31. The minimum absolute atomic E-state index is 0.333. The zero-order valence-electron chi connectivity index (χ0n) is 14.1. The topological polar surface area (TPSA) is 76.1 Å². The molecule has 0 saturated heterocycles. The fraction of sp³-hybridized carbons (Fsp3) is 0.222. The third kappa shape index (κ3) is 2.66. The predicted molar refractivity (Wildman–Crippen MR) is 101 cm³/mol. The lowest BCUT2D eigenvalue weighted by Gasteiger charge is -2.17. The highest BCUT2D eigenvalue weighted by Gasteiger charge is 2.29. The van der Waals surface area contributed by atoms with E-state index in [2.05, 4.69) is 9.97 Å². The van der Waals surface area contributed by atoms with Crippen LogP contribution in [0.1, 0.15) is 23.9 Å². The molecule has 134 valence electrons. The molecule has 4 rings (SSSR count). The van der Waals surface area contributed by atoms with E-state index < -0.39 is 12.2 Å². The van der Waals surface area contributed by atoms with Crippen molar-refractivity contribution in [1.29, 1.82) is 0 Å². The molecule has 0 spiro atoms. The van der Waals surface area contributed by atoms with Gasteiger partial charge in [0.05, 0.1) is 22.1 Å². The van der Waals surface area contributed by atoms with Crippen LogP contribution in [0.15, 0.2) is 36.4 Å². The standard InChI is InChI=1S/C18H16Cl2N4O2/c1-23-13-7-9(19)3-5-11(13)21-17(23)15(25)16(26)18-22-12-6-4-10(20)8-14(12)24(18)2/h3-8,15-16,25-26H,1-2H3/t15-,16-/m0/s1. The van der Waals surface area contributed by atoms with E-state index in [0.29, 0.717) is 32.7 Å². The first-order chi connectivity index (χ1) is 12.4. The zero-order chi connectivity index (χ0) is 18.6. The SMILES string of the molecule is Cn1c([C@@H](O)[C@H](O)c2nc3ccc(Cl)cc3n2C)nc2ccc(Cl)cc21. The molecule has 0 aliphatic heterocycles. The van der Waals surface area contributed by atoms with Crippen molar-refractivity contribution in [3.8, 4) is 0 Å². The predicted octanol–water partition coefficient (Wildman–Crippen LogP) is 3.53. The average molecular weight is 391 g/mol. The van der Waals surface area contributed by atoms with Crippen LogP contribution >= 0.6 is 23.2 Å². The number of aliphatic hydroxyl groups excluding tert-OH is 2. The number of fused-ring (bicyclic) bond motifs is 2. The van der Waals surface area contributed by atoms with Gasteiger partial charge in [-0.3, -0.25) is 0 Å². The molecular weight excluding hydrogens is 375 g/mol. The van der Waals surface area contributed by atoms with Gasteiger partial charge in [0.25, 0.3) is 0 Å². The third-order valence-electron chi connectivity index (χ3n) is 4.58. The second-order valence-corrected chi connectivity index (χ2v) is 7.09. The van der Waals surface area contributed by atoms with Crippen molar-refractivity contribution in [2.45, 2.75) is 12.2 Å². The summed E-state index contributed by atoms with van der Waals surface area (Å²) < 4.78 is 3.43. The van der Waals surface area contributed by atoms with Gasteiger partial charge in [-0.25, -0.2) is 9.97 Å². The molecule has 0 bridgehead atoms. The maximum Gasteiger partial charge on any atom is 0.145 e. The summed E-state index contributed by atoms with van der Waals surface area (Å²) in [7, 11) is 3.54. The molecule has 0 aliphatic carbocycles. The lowest BCUT2D eigenvalue weighted by molar-refractivity contribution is 0.00394. The lowest BCUT2D eigenvalue weighted by atomic mass is 10.2. The van der Waals surface area contributed by atoms with Gasteiger partial charge >= 0.3 is 0 Å². The summed E-state index contributed by atoms with van der Waals surface area (Å²) in [5.41, 5.74) is 2.93. The maximum absolute atomic E-state index is 10.8. The van der Waals surface area contributed by atoms with Crippen molar-refractivity contribution in [2.75, 3.05) is 0 Å². The minimum Gasteiger partial charge on any atom is -0.382 e. The summed E-state index contributed by atoms with van der Waals surface area (Å²) in [6.07, 6.45) is -2.51. The molecule has 2 N–H and O–H groups in total. The molecule has 4 aromatic rings. The second-order valence-electron chi connectivity index (χ2n) is 6.21. The smallest absolute Gasteiger partial charge is 0.145 e. The first-order valence-electron chi connectivity index (χ1n) is 7.96. The first-order valence-corrected chi connectivity index (χ1v) is 8.72. The van der Waals surface area contributed by atoms with Crippen LogP contribution in [0.5, 0.6) is 0 Å². The Balaban J connectivity index is 1.78. The Hall–Kier alpha value is -2.12. The van der Waals surface area contributed by atoms with E-state index in [1.807, 2.05) is 0 Å². The zero-order valence-corrected chi connectivity index (χ0v) is 15.6. The number of halogens is 2. The van der Waals surface area contributed by atoms with Crippen molar-refractivity contribution in [3.63, 3.8) is 0 Å². The monoisotopic (exact) mass is 390 g/mol. The van der Waals surface area contributed by atoms with Crippen molar-refractivity contribution in [1.82, 2.24) is 19.1 Å². The van der Waals surface area contributed by atoms with E-state index in [-0.39, 0.29) is 0 Å².